The third-order valence-corrected chi connectivity index (χ3v) is 5.77. The lowest BCUT2D eigenvalue weighted by atomic mass is 10.1. The molecule has 0 aliphatic rings. The Morgan fingerprint density at radius 3 is 2.33 bits per heavy atom. The summed E-state index contributed by atoms with van der Waals surface area (Å²) in [7, 11) is -3.53. The highest BCUT2D eigenvalue weighted by molar-refractivity contribution is 8.00. The van der Waals surface area contributed by atoms with Crippen molar-refractivity contribution in [1.82, 2.24) is 4.72 Å². The van der Waals surface area contributed by atoms with E-state index in [1.807, 2.05) is 20.1 Å². The summed E-state index contributed by atoms with van der Waals surface area (Å²) in [4.78, 5) is 10.7. The molecule has 0 aliphatic heterocycles. The smallest absolute Gasteiger partial charge is 0.303 e. The van der Waals surface area contributed by atoms with Crippen LogP contribution in [0.3, 0.4) is 0 Å². The molecule has 0 saturated carbocycles. The molecule has 118 valence electrons. The molecule has 1 aromatic carbocycles. The van der Waals surface area contributed by atoms with Gasteiger partial charge in [-0.05, 0) is 44.2 Å². The van der Waals surface area contributed by atoms with E-state index in [-0.39, 0.29) is 16.1 Å². The molecule has 0 unspecified atom stereocenters. The molecule has 0 radical (unpaired) electrons. The van der Waals surface area contributed by atoms with Crippen LogP contribution < -0.4 is 4.72 Å². The number of carboxylic acids is 1. The van der Waals surface area contributed by atoms with E-state index in [1.165, 1.54) is 12.1 Å². The van der Waals surface area contributed by atoms with E-state index in [1.54, 1.807) is 23.9 Å². The van der Waals surface area contributed by atoms with Crippen molar-refractivity contribution in [2.45, 2.75) is 36.3 Å². The third kappa shape index (κ3) is 6.07. The Labute approximate surface area is 130 Å². The zero-order chi connectivity index (χ0) is 16.1. The second-order valence-electron chi connectivity index (χ2n) is 5.33. The molecule has 0 atom stereocenters. The van der Waals surface area contributed by atoms with Gasteiger partial charge in [-0.2, -0.15) is 11.8 Å². The first-order valence-electron chi connectivity index (χ1n) is 6.52. The maximum atomic E-state index is 12.2. The fourth-order valence-corrected chi connectivity index (χ4v) is 3.03. The van der Waals surface area contributed by atoms with Crippen molar-refractivity contribution < 1.29 is 18.3 Å². The molecule has 0 spiro atoms. The molecule has 7 heteroatoms. The van der Waals surface area contributed by atoms with Gasteiger partial charge in [0.2, 0.25) is 10.0 Å². The highest BCUT2D eigenvalue weighted by atomic mass is 32.2. The number of carbonyl (C=O) groups is 1. The largest absolute Gasteiger partial charge is 0.481 e. The van der Waals surface area contributed by atoms with Gasteiger partial charge in [-0.25, -0.2) is 13.1 Å². The van der Waals surface area contributed by atoms with Crippen molar-refractivity contribution in [2.24, 2.45) is 0 Å². The number of aliphatic carboxylic acids is 1. The Kier molecular flexibility index (Phi) is 6.24. The number of thioether (sulfide) groups is 1. The van der Waals surface area contributed by atoms with Crippen LogP contribution in [0.25, 0.3) is 0 Å². The summed E-state index contributed by atoms with van der Waals surface area (Å²) >= 11 is 1.59. The minimum absolute atomic E-state index is 0.0340. The van der Waals surface area contributed by atoms with Crippen LogP contribution in [-0.4, -0.2) is 37.0 Å². The maximum Gasteiger partial charge on any atom is 0.303 e. The van der Waals surface area contributed by atoms with Crippen molar-refractivity contribution in [1.29, 1.82) is 0 Å². The molecule has 5 nitrogen and oxygen atoms in total. The Morgan fingerprint density at radius 2 is 1.86 bits per heavy atom. The van der Waals surface area contributed by atoms with Crippen LogP contribution in [0.1, 0.15) is 25.8 Å². The van der Waals surface area contributed by atoms with E-state index in [4.69, 9.17) is 5.11 Å². The van der Waals surface area contributed by atoms with Crippen molar-refractivity contribution in [2.75, 3.05) is 12.8 Å². The lowest BCUT2D eigenvalue weighted by molar-refractivity contribution is -0.136. The molecule has 21 heavy (non-hydrogen) atoms. The Bertz CT molecular complexity index is 579. The Morgan fingerprint density at radius 1 is 1.29 bits per heavy atom. The van der Waals surface area contributed by atoms with Gasteiger partial charge < -0.3 is 5.11 Å². The van der Waals surface area contributed by atoms with Crippen LogP contribution >= 0.6 is 11.8 Å². The minimum Gasteiger partial charge on any atom is -0.481 e. The van der Waals surface area contributed by atoms with E-state index < -0.39 is 16.0 Å². The van der Waals surface area contributed by atoms with E-state index in [9.17, 15) is 13.2 Å². The molecule has 1 rings (SSSR count). The number of hydrogen-bond acceptors (Lipinski definition) is 4. The number of nitrogens with one attached hydrogen (secondary N) is 1. The van der Waals surface area contributed by atoms with Gasteiger partial charge in [0, 0.05) is 17.7 Å². The summed E-state index contributed by atoms with van der Waals surface area (Å²) < 4.78 is 26.7. The monoisotopic (exact) mass is 331 g/mol. The summed E-state index contributed by atoms with van der Waals surface area (Å²) in [6.45, 7) is 4.28. The summed E-state index contributed by atoms with van der Waals surface area (Å²) in [6.07, 6.45) is 2.36. The zero-order valence-corrected chi connectivity index (χ0v) is 14.1. The number of rotatable bonds is 8. The average Bonchev–Trinajstić information content (AvgIpc) is 2.44. The molecule has 0 amide bonds. The van der Waals surface area contributed by atoms with Crippen LogP contribution in [-0.2, 0) is 21.2 Å². The van der Waals surface area contributed by atoms with Gasteiger partial charge in [-0.3, -0.25) is 4.79 Å². The molecule has 0 fully saturated rings. The van der Waals surface area contributed by atoms with Crippen LogP contribution in [0.2, 0.25) is 0 Å². The summed E-state index contributed by atoms with van der Waals surface area (Å²) in [5, 5.41) is 8.62. The lowest BCUT2D eigenvalue weighted by Gasteiger charge is -2.22. The predicted octanol–water partition coefficient (Wildman–Crippen LogP) is 2.12. The molecule has 0 heterocycles. The van der Waals surface area contributed by atoms with Gasteiger partial charge in [0.05, 0.1) is 4.90 Å². The van der Waals surface area contributed by atoms with Crippen molar-refractivity contribution >= 4 is 27.8 Å². The van der Waals surface area contributed by atoms with E-state index in [0.717, 1.165) is 5.56 Å². The predicted molar refractivity (Wildman–Crippen MR) is 85.2 cm³/mol. The quantitative estimate of drug-likeness (QED) is 0.762. The highest BCUT2D eigenvalue weighted by Gasteiger charge is 2.21. The van der Waals surface area contributed by atoms with Gasteiger partial charge >= 0.3 is 5.97 Å². The average molecular weight is 331 g/mol. The standard InChI is InChI=1S/C14H21NO4S2/c1-14(2,20-3)10-15-21(18,19)12-7-4-11(5-8-12)6-9-13(16)17/h4-5,7-8,15H,6,9-10H2,1-3H3,(H,16,17). The van der Waals surface area contributed by atoms with E-state index >= 15 is 0 Å². The number of sulfonamides is 1. The van der Waals surface area contributed by atoms with Crippen LogP contribution in [0.4, 0.5) is 0 Å². The van der Waals surface area contributed by atoms with Crippen molar-refractivity contribution in [3.63, 3.8) is 0 Å². The number of hydrogen-bond donors (Lipinski definition) is 2. The van der Waals surface area contributed by atoms with Gasteiger partial charge in [0.1, 0.15) is 0 Å². The molecular weight excluding hydrogens is 310 g/mol. The molecule has 0 bridgehead atoms. The third-order valence-electron chi connectivity index (χ3n) is 3.10. The number of aryl methyl sites for hydroxylation is 1. The zero-order valence-electron chi connectivity index (χ0n) is 12.4. The second kappa shape index (κ2) is 7.29. The highest BCUT2D eigenvalue weighted by Crippen LogP contribution is 2.21. The molecule has 1 aromatic rings. The maximum absolute atomic E-state index is 12.2. The van der Waals surface area contributed by atoms with Crippen LogP contribution in [0.5, 0.6) is 0 Å². The van der Waals surface area contributed by atoms with Gasteiger partial charge in [0.15, 0.2) is 0 Å². The topological polar surface area (TPSA) is 83.5 Å². The molecule has 0 saturated heterocycles. The summed E-state index contributed by atoms with van der Waals surface area (Å²) in [6, 6.07) is 6.31. The Hall–Kier alpha value is -1.05. The fraction of sp³-hybridized carbons (Fsp3) is 0.500. The summed E-state index contributed by atoms with van der Waals surface area (Å²) in [5.74, 6) is -0.868. The molecule has 0 aliphatic carbocycles. The molecule has 2 N–H and O–H groups in total. The van der Waals surface area contributed by atoms with Crippen LogP contribution in [0.15, 0.2) is 29.2 Å². The van der Waals surface area contributed by atoms with Gasteiger partial charge in [-0.15, -0.1) is 0 Å². The van der Waals surface area contributed by atoms with E-state index in [2.05, 4.69) is 4.72 Å². The normalized spacial score (nSPS) is 12.3. The first-order valence-corrected chi connectivity index (χ1v) is 9.23. The number of benzene rings is 1. The van der Waals surface area contributed by atoms with Crippen LogP contribution in [0, 0.1) is 0 Å². The lowest BCUT2D eigenvalue weighted by Crippen LogP contribution is -2.36. The first kappa shape index (κ1) is 18.0. The van der Waals surface area contributed by atoms with Gasteiger partial charge in [0.25, 0.3) is 0 Å². The van der Waals surface area contributed by atoms with Crippen molar-refractivity contribution in [3.05, 3.63) is 29.8 Å². The molecule has 0 aromatic heterocycles. The molecular formula is C14H21NO4S2. The van der Waals surface area contributed by atoms with Crippen molar-refractivity contribution in [3.8, 4) is 0 Å². The minimum atomic E-state index is -3.53. The summed E-state index contributed by atoms with van der Waals surface area (Å²) in [5.41, 5.74) is 0.806. The Balaban J connectivity index is 2.73. The fourth-order valence-electron chi connectivity index (χ4n) is 1.51. The first-order chi connectivity index (χ1) is 9.66. The SMILES string of the molecule is CSC(C)(C)CNS(=O)(=O)c1ccc(CCC(=O)O)cc1. The van der Waals surface area contributed by atoms with Gasteiger partial charge in [-0.1, -0.05) is 12.1 Å². The van der Waals surface area contributed by atoms with E-state index in [0.29, 0.717) is 13.0 Å². The second-order valence-corrected chi connectivity index (χ2v) is 8.61. The number of carboxylic acid groups (broad SMARTS) is 1.